The predicted octanol–water partition coefficient (Wildman–Crippen LogP) is 5.21. The van der Waals surface area contributed by atoms with E-state index < -0.39 is 0 Å². The second kappa shape index (κ2) is 8.48. The number of thiophene rings is 1. The lowest BCUT2D eigenvalue weighted by Gasteiger charge is -2.29. The Morgan fingerprint density at radius 3 is 2.54 bits per heavy atom. The smallest absolute Gasteiger partial charge is 0.226 e. The molecule has 0 aliphatic heterocycles. The average Bonchev–Trinajstić information content (AvgIpc) is 3.04. The van der Waals surface area contributed by atoms with Crippen LogP contribution in [0.3, 0.4) is 0 Å². The van der Waals surface area contributed by atoms with Crippen molar-refractivity contribution in [3.8, 4) is 0 Å². The van der Waals surface area contributed by atoms with Crippen LogP contribution in [0.25, 0.3) is 0 Å². The summed E-state index contributed by atoms with van der Waals surface area (Å²) in [6.45, 7) is 3.73. The molecule has 0 atom stereocenters. The predicted molar refractivity (Wildman–Crippen MR) is 101 cm³/mol. The molecule has 0 N–H and O–H groups in total. The first-order chi connectivity index (χ1) is 11.7. The second-order valence-electron chi connectivity index (χ2n) is 6.86. The highest BCUT2D eigenvalue weighted by atomic mass is 32.1. The molecular weight excluding hydrogens is 314 g/mol. The van der Waals surface area contributed by atoms with Crippen molar-refractivity contribution in [2.45, 2.75) is 52.0 Å². The Bertz CT molecular complexity index is 643. The van der Waals surface area contributed by atoms with Gasteiger partial charge in [-0.2, -0.15) is 0 Å². The Morgan fingerprint density at radius 1 is 1.12 bits per heavy atom. The summed E-state index contributed by atoms with van der Waals surface area (Å²) in [6.07, 6.45) is 6.79. The molecule has 3 heteroatoms. The first-order valence-corrected chi connectivity index (χ1v) is 9.97. The molecule has 1 aromatic carbocycles. The number of rotatable bonds is 6. The first-order valence-electron chi connectivity index (χ1n) is 9.09. The van der Waals surface area contributed by atoms with E-state index in [4.69, 9.17) is 0 Å². The number of benzene rings is 1. The summed E-state index contributed by atoms with van der Waals surface area (Å²) in [7, 11) is 0. The van der Waals surface area contributed by atoms with E-state index in [-0.39, 0.29) is 5.92 Å². The third-order valence-electron chi connectivity index (χ3n) is 5.08. The fourth-order valence-corrected chi connectivity index (χ4v) is 4.44. The minimum atomic E-state index is 0.245. The van der Waals surface area contributed by atoms with E-state index in [2.05, 4.69) is 47.5 Å². The van der Waals surface area contributed by atoms with Gasteiger partial charge in [-0.15, -0.1) is 11.3 Å². The highest BCUT2D eigenvalue weighted by Crippen LogP contribution is 2.27. The van der Waals surface area contributed by atoms with Gasteiger partial charge in [0, 0.05) is 17.3 Å². The van der Waals surface area contributed by atoms with E-state index in [0.717, 1.165) is 32.4 Å². The molecule has 3 rings (SSSR count). The largest absolute Gasteiger partial charge is 0.337 e. The summed E-state index contributed by atoms with van der Waals surface area (Å²) in [5.74, 6) is 0.619. The van der Waals surface area contributed by atoms with Crippen LogP contribution in [0.15, 0.2) is 41.8 Å². The van der Waals surface area contributed by atoms with Crippen molar-refractivity contribution < 1.29 is 4.79 Å². The van der Waals surface area contributed by atoms with Gasteiger partial charge in [-0.25, -0.2) is 0 Å². The second-order valence-corrected chi connectivity index (χ2v) is 7.86. The van der Waals surface area contributed by atoms with Crippen molar-refractivity contribution in [2.75, 3.05) is 6.54 Å². The highest BCUT2D eigenvalue weighted by molar-refractivity contribution is 7.10. The van der Waals surface area contributed by atoms with Crippen molar-refractivity contribution in [3.05, 3.63) is 57.8 Å². The molecule has 24 heavy (non-hydrogen) atoms. The zero-order valence-electron chi connectivity index (χ0n) is 14.5. The van der Waals surface area contributed by atoms with E-state index in [1.807, 2.05) is 6.07 Å². The molecule has 2 aromatic rings. The zero-order valence-corrected chi connectivity index (χ0v) is 15.4. The van der Waals surface area contributed by atoms with E-state index in [9.17, 15) is 4.79 Å². The Hall–Kier alpha value is -1.61. The standard InChI is InChI=1S/C21H27NOS/c1-17-13-15-24-20(17)16-22(14-12-18-8-4-2-5-9-18)21(23)19-10-6-3-7-11-19/h2,4-5,8-9,13,15,19H,3,6-7,10-12,14,16H2,1H3. The Labute approximate surface area is 149 Å². The Balaban J connectivity index is 1.69. The first kappa shape index (κ1) is 17.2. The van der Waals surface area contributed by atoms with Gasteiger partial charge < -0.3 is 4.90 Å². The minimum Gasteiger partial charge on any atom is -0.337 e. The van der Waals surface area contributed by atoms with Crippen LogP contribution in [0.1, 0.15) is 48.1 Å². The summed E-state index contributed by atoms with van der Waals surface area (Å²) in [4.78, 5) is 16.5. The summed E-state index contributed by atoms with van der Waals surface area (Å²) < 4.78 is 0. The maximum atomic E-state index is 13.1. The topological polar surface area (TPSA) is 20.3 Å². The molecule has 0 bridgehead atoms. The van der Waals surface area contributed by atoms with E-state index in [1.54, 1.807) is 11.3 Å². The minimum absolute atomic E-state index is 0.245. The normalized spacial score (nSPS) is 15.4. The average molecular weight is 342 g/mol. The van der Waals surface area contributed by atoms with Gasteiger partial charge in [0.05, 0.1) is 6.54 Å². The number of amides is 1. The van der Waals surface area contributed by atoms with Gasteiger partial charge in [0.15, 0.2) is 0 Å². The molecule has 1 amide bonds. The van der Waals surface area contributed by atoms with Gasteiger partial charge in [-0.1, -0.05) is 49.6 Å². The summed E-state index contributed by atoms with van der Waals surface area (Å²) >= 11 is 1.77. The third kappa shape index (κ3) is 4.47. The van der Waals surface area contributed by atoms with Crippen molar-refractivity contribution in [1.82, 2.24) is 4.90 Å². The fourth-order valence-electron chi connectivity index (χ4n) is 3.52. The van der Waals surface area contributed by atoms with Crippen LogP contribution in [0.4, 0.5) is 0 Å². The van der Waals surface area contributed by atoms with Gasteiger partial charge in [0.2, 0.25) is 5.91 Å². The number of carbonyl (C=O) groups excluding carboxylic acids is 1. The lowest BCUT2D eigenvalue weighted by molar-refractivity contribution is -0.137. The van der Waals surface area contributed by atoms with E-state index in [0.29, 0.717) is 5.91 Å². The van der Waals surface area contributed by atoms with Crippen LogP contribution in [-0.4, -0.2) is 17.4 Å². The molecule has 1 aliphatic rings. The fraction of sp³-hybridized carbons (Fsp3) is 0.476. The number of hydrogen-bond donors (Lipinski definition) is 0. The van der Waals surface area contributed by atoms with Crippen LogP contribution < -0.4 is 0 Å². The number of aryl methyl sites for hydroxylation is 1. The SMILES string of the molecule is Cc1ccsc1CN(CCc1ccccc1)C(=O)C1CCCCC1. The van der Waals surface area contributed by atoms with Crippen LogP contribution in [0, 0.1) is 12.8 Å². The van der Waals surface area contributed by atoms with Crippen molar-refractivity contribution in [3.63, 3.8) is 0 Å². The number of carbonyl (C=O) groups is 1. The van der Waals surface area contributed by atoms with Crippen LogP contribution in [0.5, 0.6) is 0 Å². The quantitative estimate of drug-likeness (QED) is 0.706. The molecule has 2 nitrogen and oxygen atoms in total. The summed E-state index contributed by atoms with van der Waals surface area (Å²) in [6, 6.07) is 12.7. The van der Waals surface area contributed by atoms with E-state index >= 15 is 0 Å². The third-order valence-corrected chi connectivity index (χ3v) is 6.09. The summed E-state index contributed by atoms with van der Waals surface area (Å²) in [5, 5.41) is 2.13. The monoisotopic (exact) mass is 341 g/mol. The molecule has 1 heterocycles. The van der Waals surface area contributed by atoms with Crippen LogP contribution in [0.2, 0.25) is 0 Å². The molecular formula is C21H27NOS. The van der Waals surface area contributed by atoms with Crippen LogP contribution in [-0.2, 0) is 17.8 Å². The number of hydrogen-bond acceptors (Lipinski definition) is 2. The zero-order chi connectivity index (χ0) is 16.8. The van der Waals surface area contributed by atoms with Crippen molar-refractivity contribution in [2.24, 2.45) is 5.92 Å². The molecule has 1 aliphatic carbocycles. The maximum Gasteiger partial charge on any atom is 0.226 e. The van der Waals surface area contributed by atoms with Crippen molar-refractivity contribution in [1.29, 1.82) is 0 Å². The molecule has 1 fully saturated rings. The molecule has 1 aromatic heterocycles. The number of nitrogens with zero attached hydrogens (tertiary/aromatic N) is 1. The van der Waals surface area contributed by atoms with Crippen molar-refractivity contribution >= 4 is 17.2 Å². The van der Waals surface area contributed by atoms with Gasteiger partial charge >= 0.3 is 0 Å². The Morgan fingerprint density at radius 2 is 1.88 bits per heavy atom. The molecule has 0 spiro atoms. The van der Waals surface area contributed by atoms with Gasteiger partial charge in [-0.05, 0) is 48.8 Å². The molecule has 0 saturated heterocycles. The van der Waals surface area contributed by atoms with Gasteiger partial charge in [-0.3, -0.25) is 4.79 Å². The molecule has 0 radical (unpaired) electrons. The molecule has 1 saturated carbocycles. The summed E-state index contributed by atoms with van der Waals surface area (Å²) in [5.41, 5.74) is 2.61. The Kier molecular flexibility index (Phi) is 6.08. The highest BCUT2D eigenvalue weighted by Gasteiger charge is 2.26. The lowest BCUT2D eigenvalue weighted by atomic mass is 9.88. The van der Waals surface area contributed by atoms with Crippen LogP contribution >= 0.6 is 11.3 Å². The van der Waals surface area contributed by atoms with Gasteiger partial charge in [0.1, 0.15) is 0 Å². The van der Waals surface area contributed by atoms with Gasteiger partial charge in [0.25, 0.3) is 0 Å². The molecule has 0 unspecified atom stereocenters. The van der Waals surface area contributed by atoms with E-state index in [1.165, 1.54) is 35.3 Å². The maximum absolute atomic E-state index is 13.1. The molecule has 128 valence electrons. The lowest BCUT2D eigenvalue weighted by Crippen LogP contribution is -2.37.